The topological polar surface area (TPSA) is 145 Å². The summed E-state index contributed by atoms with van der Waals surface area (Å²) in [4.78, 5) is 39.4. The highest BCUT2D eigenvalue weighted by Gasteiger charge is 2.20. The Morgan fingerprint density at radius 2 is 1.82 bits per heavy atom. The number of alkyl carbamates (subject to hydrolysis) is 1. The van der Waals surface area contributed by atoms with Gasteiger partial charge in [0.05, 0.1) is 10.9 Å². The molecule has 0 aliphatic carbocycles. The molecule has 1 heterocycles. The number of aromatic amines is 2. The normalized spacial score (nSPS) is 13.1. The molecule has 0 saturated heterocycles. The average molecular weight is 385 g/mol. The summed E-state index contributed by atoms with van der Waals surface area (Å²) in [6.45, 7) is -0.175. The first-order valence-electron chi connectivity index (χ1n) is 8.51. The van der Waals surface area contributed by atoms with Gasteiger partial charge in [0.15, 0.2) is 0 Å². The monoisotopic (exact) mass is 385 g/mol. The first-order chi connectivity index (χ1) is 13.4. The van der Waals surface area contributed by atoms with Gasteiger partial charge in [-0.25, -0.2) is 9.59 Å². The van der Waals surface area contributed by atoms with Gasteiger partial charge in [-0.1, -0.05) is 36.4 Å². The smallest absolute Gasteiger partial charge is 0.407 e. The van der Waals surface area contributed by atoms with Crippen molar-refractivity contribution in [2.24, 2.45) is 0 Å². The molecule has 28 heavy (non-hydrogen) atoms. The second kappa shape index (κ2) is 8.51. The molecule has 9 nitrogen and oxygen atoms in total. The number of aliphatic hydroxyl groups excluding tert-OH is 2. The van der Waals surface area contributed by atoms with E-state index in [0.717, 1.165) is 5.56 Å². The van der Waals surface area contributed by atoms with Crippen molar-refractivity contribution in [3.63, 3.8) is 0 Å². The highest BCUT2D eigenvalue weighted by Crippen LogP contribution is 2.19. The molecule has 9 heteroatoms. The number of aromatic nitrogens is 2. The van der Waals surface area contributed by atoms with Gasteiger partial charge in [-0.15, -0.1) is 0 Å². The number of nitrogens with one attached hydrogen (secondary N) is 3. The molecule has 0 radical (unpaired) electrons. The van der Waals surface area contributed by atoms with E-state index >= 15 is 0 Å². The van der Waals surface area contributed by atoms with Crippen LogP contribution in [0.25, 0.3) is 10.9 Å². The minimum Gasteiger partial charge on any atom is -0.445 e. The minimum atomic E-state index is -1.36. The molecule has 2 aromatic carbocycles. The van der Waals surface area contributed by atoms with E-state index in [2.05, 4.69) is 15.3 Å². The summed E-state index contributed by atoms with van der Waals surface area (Å²) in [5.74, 6) is 0. The number of benzene rings is 2. The van der Waals surface area contributed by atoms with E-state index in [0.29, 0.717) is 5.52 Å². The van der Waals surface area contributed by atoms with E-state index < -0.39 is 29.6 Å². The maximum atomic E-state index is 11.9. The van der Waals surface area contributed by atoms with Gasteiger partial charge < -0.3 is 25.3 Å². The first kappa shape index (κ1) is 19.3. The van der Waals surface area contributed by atoms with Crippen LogP contribution in [0.3, 0.4) is 0 Å². The van der Waals surface area contributed by atoms with Gasteiger partial charge >= 0.3 is 11.8 Å². The van der Waals surface area contributed by atoms with Crippen molar-refractivity contribution >= 4 is 17.0 Å². The van der Waals surface area contributed by atoms with Gasteiger partial charge in [-0.3, -0.25) is 9.78 Å². The van der Waals surface area contributed by atoms with E-state index in [1.807, 2.05) is 18.2 Å². The van der Waals surface area contributed by atoms with Crippen molar-refractivity contribution in [1.29, 1.82) is 0 Å². The number of hydrogen-bond acceptors (Lipinski definition) is 6. The van der Waals surface area contributed by atoms with Crippen LogP contribution < -0.4 is 16.6 Å². The highest BCUT2D eigenvalue weighted by atomic mass is 16.5. The van der Waals surface area contributed by atoms with Crippen LogP contribution in [0.5, 0.6) is 0 Å². The summed E-state index contributed by atoms with van der Waals surface area (Å²) in [7, 11) is 0. The minimum absolute atomic E-state index is 0.0803. The fourth-order valence-corrected chi connectivity index (χ4v) is 2.66. The van der Waals surface area contributed by atoms with Crippen LogP contribution in [0.4, 0.5) is 4.79 Å². The lowest BCUT2D eigenvalue weighted by Gasteiger charge is -2.19. The number of carbonyl (C=O) groups is 1. The van der Waals surface area contributed by atoms with E-state index in [4.69, 9.17) is 4.74 Å². The third-order valence-electron chi connectivity index (χ3n) is 4.14. The van der Waals surface area contributed by atoms with Crippen LogP contribution in [0.15, 0.2) is 58.1 Å². The summed E-state index contributed by atoms with van der Waals surface area (Å²) < 4.78 is 5.03. The number of ether oxygens (including phenoxy) is 1. The van der Waals surface area contributed by atoms with Crippen LogP contribution in [0.2, 0.25) is 0 Å². The van der Waals surface area contributed by atoms with Gasteiger partial charge in [-0.05, 0) is 23.3 Å². The number of rotatable bonds is 6. The lowest BCUT2D eigenvalue weighted by atomic mass is 10.0. The van der Waals surface area contributed by atoms with Crippen LogP contribution in [0, 0.1) is 0 Å². The lowest BCUT2D eigenvalue weighted by molar-refractivity contribution is 0.0185. The SMILES string of the molecule is O=C(NCC(O)C(O)c1ccc2[nH]c(=O)[nH]c(=O)c2c1)OCc1ccccc1. The lowest BCUT2D eigenvalue weighted by Crippen LogP contribution is -2.35. The fraction of sp³-hybridized carbons (Fsp3) is 0.211. The molecule has 146 valence electrons. The van der Waals surface area contributed by atoms with Crippen molar-refractivity contribution in [2.45, 2.75) is 18.8 Å². The van der Waals surface area contributed by atoms with Gasteiger partial charge in [0.25, 0.3) is 5.56 Å². The second-order valence-electron chi connectivity index (χ2n) is 6.17. The van der Waals surface area contributed by atoms with E-state index in [1.165, 1.54) is 18.2 Å². The maximum absolute atomic E-state index is 11.9. The number of fused-ring (bicyclic) bond motifs is 1. The Morgan fingerprint density at radius 1 is 1.07 bits per heavy atom. The van der Waals surface area contributed by atoms with Crippen molar-refractivity contribution in [3.05, 3.63) is 80.5 Å². The van der Waals surface area contributed by atoms with E-state index in [-0.39, 0.29) is 24.1 Å². The molecular formula is C19H19N3O6. The van der Waals surface area contributed by atoms with Crippen molar-refractivity contribution < 1.29 is 19.7 Å². The Kier molecular flexibility index (Phi) is 5.87. The van der Waals surface area contributed by atoms with Crippen LogP contribution in [0.1, 0.15) is 17.2 Å². The Labute approximate surface area is 158 Å². The van der Waals surface area contributed by atoms with Gasteiger partial charge in [0.2, 0.25) is 0 Å². The molecule has 3 rings (SSSR count). The summed E-state index contributed by atoms with van der Waals surface area (Å²) in [6, 6.07) is 13.4. The van der Waals surface area contributed by atoms with Crippen molar-refractivity contribution in [2.75, 3.05) is 6.54 Å². The molecule has 0 aliphatic rings. The third-order valence-corrected chi connectivity index (χ3v) is 4.14. The van der Waals surface area contributed by atoms with Gasteiger partial charge in [0.1, 0.15) is 18.8 Å². The molecule has 0 aliphatic heterocycles. The molecule has 1 amide bonds. The summed E-state index contributed by atoms with van der Waals surface area (Å²) in [5.41, 5.74) is 0.144. The second-order valence-corrected chi connectivity index (χ2v) is 6.17. The first-order valence-corrected chi connectivity index (χ1v) is 8.51. The molecule has 0 spiro atoms. The highest BCUT2D eigenvalue weighted by molar-refractivity contribution is 5.78. The predicted molar refractivity (Wildman–Crippen MR) is 101 cm³/mol. The standard InChI is InChI=1S/C19H19N3O6/c23-15(9-20-19(27)28-10-11-4-2-1-3-5-11)16(24)12-6-7-14-13(8-12)17(25)22-18(26)21-14/h1-8,15-16,23-24H,9-10H2,(H,20,27)(H2,21,22,25,26). The molecular weight excluding hydrogens is 366 g/mol. The Balaban J connectivity index is 1.59. The summed E-state index contributed by atoms with van der Waals surface area (Å²) in [5, 5.41) is 23.0. The van der Waals surface area contributed by atoms with Gasteiger partial charge in [-0.2, -0.15) is 0 Å². The average Bonchev–Trinajstić information content (AvgIpc) is 2.70. The Hall–Kier alpha value is -3.43. The number of amides is 1. The third kappa shape index (κ3) is 4.64. The molecule has 5 N–H and O–H groups in total. The zero-order valence-electron chi connectivity index (χ0n) is 14.7. The fourth-order valence-electron chi connectivity index (χ4n) is 2.66. The molecule has 1 aromatic heterocycles. The zero-order chi connectivity index (χ0) is 20.1. The summed E-state index contributed by atoms with van der Waals surface area (Å²) in [6.07, 6.45) is -3.42. The predicted octanol–water partition coefficient (Wildman–Crippen LogP) is 0.537. The van der Waals surface area contributed by atoms with Crippen molar-refractivity contribution in [3.8, 4) is 0 Å². The Bertz CT molecular complexity index is 1080. The number of hydrogen-bond donors (Lipinski definition) is 5. The molecule has 3 aromatic rings. The van der Waals surface area contributed by atoms with Crippen LogP contribution in [-0.2, 0) is 11.3 Å². The quantitative estimate of drug-likeness (QED) is 0.419. The molecule has 0 saturated carbocycles. The van der Waals surface area contributed by atoms with Gasteiger partial charge in [0, 0.05) is 6.54 Å². The Morgan fingerprint density at radius 3 is 2.57 bits per heavy atom. The van der Waals surface area contributed by atoms with Crippen molar-refractivity contribution in [1.82, 2.24) is 15.3 Å². The van der Waals surface area contributed by atoms with Crippen LogP contribution >= 0.6 is 0 Å². The molecule has 0 fully saturated rings. The summed E-state index contributed by atoms with van der Waals surface area (Å²) >= 11 is 0. The largest absolute Gasteiger partial charge is 0.445 e. The number of aliphatic hydroxyl groups is 2. The molecule has 0 bridgehead atoms. The molecule has 2 unspecified atom stereocenters. The number of H-pyrrole nitrogens is 2. The van der Waals surface area contributed by atoms with E-state index in [9.17, 15) is 24.6 Å². The maximum Gasteiger partial charge on any atom is 0.407 e. The zero-order valence-corrected chi connectivity index (χ0v) is 14.7. The van der Waals surface area contributed by atoms with Crippen LogP contribution in [-0.4, -0.2) is 38.9 Å². The molecule has 2 atom stereocenters. The van der Waals surface area contributed by atoms with E-state index in [1.54, 1.807) is 12.1 Å². The number of carbonyl (C=O) groups excluding carboxylic acids is 1.